The number of rotatable bonds is 10. The van der Waals surface area contributed by atoms with Crippen molar-refractivity contribution in [2.45, 2.75) is 38.1 Å². The van der Waals surface area contributed by atoms with Gasteiger partial charge in [-0.25, -0.2) is 0 Å². The van der Waals surface area contributed by atoms with E-state index in [0.29, 0.717) is 0 Å². The number of hydrogen-bond donors (Lipinski definition) is 3. The predicted molar refractivity (Wildman–Crippen MR) is 111 cm³/mol. The van der Waals surface area contributed by atoms with Crippen molar-refractivity contribution < 1.29 is 0 Å². The summed E-state index contributed by atoms with van der Waals surface area (Å²) in [4.78, 5) is 4.92. The van der Waals surface area contributed by atoms with Gasteiger partial charge in [0, 0.05) is 17.1 Å². The minimum absolute atomic E-state index is 0.278. The van der Waals surface area contributed by atoms with Crippen molar-refractivity contribution in [1.29, 1.82) is 0 Å². The van der Waals surface area contributed by atoms with E-state index in [1.165, 1.54) is 27.8 Å². The molecule has 4 heteroatoms. The van der Waals surface area contributed by atoms with Crippen LogP contribution in [0.3, 0.4) is 0 Å². The predicted octanol–water partition coefficient (Wildman–Crippen LogP) is 3.39. The van der Waals surface area contributed by atoms with Crippen LogP contribution < -0.4 is 16.2 Å². The van der Waals surface area contributed by atoms with E-state index in [9.17, 15) is 0 Å². The molecule has 26 heavy (non-hydrogen) atoms. The zero-order chi connectivity index (χ0) is 18.4. The number of benzene rings is 1. The highest BCUT2D eigenvalue weighted by Crippen LogP contribution is 2.36. The number of hydrogen-bond acceptors (Lipinski definition) is 4. The summed E-state index contributed by atoms with van der Waals surface area (Å²) in [6, 6.07) is 9.16. The Hall–Kier alpha value is -2.01. The van der Waals surface area contributed by atoms with E-state index < -0.39 is 0 Å². The Morgan fingerprint density at radius 1 is 1.23 bits per heavy atom. The van der Waals surface area contributed by atoms with Gasteiger partial charge < -0.3 is 5.32 Å². The molecule has 0 spiro atoms. The molecule has 4 nitrogen and oxygen atoms in total. The second-order valence-electron chi connectivity index (χ2n) is 6.85. The van der Waals surface area contributed by atoms with Crippen LogP contribution in [0.2, 0.25) is 0 Å². The molecule has 2 aromatic rings. The molecule has 3 N–H and O–H groups in total. The molecule has 1 atom stereocenters. The summed E-state index contributed by atoms with van der Waals surface area (Å²) in [5.41, 5.74) is 13.0. The maximum atomic E-state index is 4.92. The fourth-order valence-corrected chi connectivity index (χ4v) is 3.79. The summed E-state index contributed by atoms with van der Waals surface area (Å²) < 4.78 is 0. The van der Waals surface area contributed by atoms with Gasteiger partial charge in [-0.1, -0.05) is 24.3 Å². The van der Waals surface area contributed by atoms with Gasteiger partial charge in [-0.3, -0.25) is 15.8 Å². The number of pyridine rings is 1. The zero-order valence-corrected chi connectivity index (χ0v) is 15.9. The lowest BCUT2D eigenvalue weighted by atomic mass is 9.93. The molecule has 3 rings (SSSR count). The van der Waals surface area contributed by atoms with E-state index >= 15 is 0 Å². The van der Waals surface area contributed by atoms with Gasteiger partial charge in [0.15, 0.2) is 0 Å². The van der Waals surface area contributed by atoms with Crippen LogP contribution in [0.15, 0.2) is 43.0 Å². The van der Waals surface area contributed by atoms with Crippen LogP contribution >= 0.6 is 0 Å². The van der Waals surface area contributed by atoms with Gasteiger partial charge in [0.05, 0.1) is 5.52 Å². The Labute approximate surface area is 156 Å². The molecule has 0 radical (unpaired) electrons. The molecule has 0 amide bonds. The van der Waals surface area contributed by atoms with Gasteiger partial charge in [0.2, 0.25) is 0 Å². The second-order valence-corrected chi connectivity index (χ2v) is 6.85. The highest BCUT2D eigenvalue weighted by molar-refractivity contribution is 5.96. The lowest BCUT2D eigenvalue weighted by molar-refractivity contribution is 0.511. The molecule has 0 saturated heterocycles. The lowest BCUT2D eigenvalue weighted by Crippen LogP contribution is -2.38. The quantitative estimate of drug-likeness (QED) is 0.349. The third kappa shape index (κ3) is 4.04. The standard InChI is InChI=1S/C22H30N4/c1-4-5-8-21(26-24-3)19-12-9-16-10-14-20-18(22(16)19)13-11-17(25-20)7-6-15-23-2/h4,10-14,21,23-24,26H,1,5-9,15H2,2-3H3/t21-/m1/s1. The van der Waals surface area contributed by atoms with E-state index in [4.69, 9.17) is 4.98 Å². The summed E-state index contributed by atoms with van der Waals surface area (Å²) in [6.07, 6.45) is 9.50. The first-order chi connectivity index (χ1) is 12.8. The maximum absolute atomic E-state index is 4.92. The topological polar surface area (TPSA) is 49.0 Å². The highest BCUT2D eigenvalue weighted by Gasteiger charge is 2.23. The molecule has 0 unspecified atom stereocenters. The number of fused-ring (bicyclic) bond motifs is 3. The molecule has 1 aromatic carbocycles. The summed E-state index contributed by atoms with van der Waals surface area (Å²) in [6.45, 7) is 4.90. The molecule has 0 bridgehead atoms. The van der Waals surface area contributed by atoms with Crippen LogP contribution in [-0.2, 0) is 12.8 Å². The van der Waals surface area contributed by atoms with Crippen molar-refractivity contribution in [2.24, 2.45) is 0 Å². The number of nitrogens with one attached hydrogen (secondary N) is 3. The molecule has 0 fully saturated rings. The molecule has 138 valence electrons. The third-order valence-electron chi connectivity index (χ3n) is 5.06. The normalized spacial score (nSPS) is 14.3. The molecule has 1 aromatic heterocycles. The van der Waals surface area contributed by atoms with Crippen molar-refractivity contribution in [3.63, 3.8) is 0 Å². The fourth-order valence-electron chi connectivity index (χ4n) is 3.79. The van der Waals surface area contributed by atoms with Gasteiger partial charge in [0.1, 0.15) is 0 Å². The van der Waals surface area contributed by atoms with Gasteiger partial charge in [-0.05, 0) is 81.6 Å². The zero-order valence-electron chi connectivity index (χ0n) is 15.9. The van der Waals surface area contributed by atoms with Crippen LogP contribution in [0.1, 0.15) is 36.1 Å². The number of aromatic nitrogens is 1. The van der Waals surface area contributed by atoms with Gasteiger partial charge in [0.25, 0.3) is 0 Å². The van der Waals surface area contributed by atoms with Crippen molar-refractivity contribution in [3.05, 3.63) is 59.8 Å². The van der Waals surface area contributed by atoms with E-state index in [-0.39, 0.29) is 6.04 Å². The summed E-state index contributed by atoms with van der Waals surface area (Å²) in [5.74, 6) is 0. The Bertz CT molecular complexity index is 794. The molecule has 1 aliphatic rings. The van der Waals surface area contributed by atoms with Crippen LogP contribution in [0.25, 0.3) is 16.5 Å². The van der Waals surface area contributed by atoms with E-state index in [1.807, 2.05) is 20.2 Å². The first-order valence-electron chi connectivity index (χ1n) is 9.58. The number of aryl methyl sites for hydroxylation is 1. The number of allylic oxidation sites excluding steroid dienone is 2. The average Bonchev–Trinajstić information content (AvgIpc) is 3.09. The van der Waals surface area contributed by atoms with Gasteiger partial charge in [-0.15, -0.1) is 6.58 Å². The van der Waals surface area contributed by atoms with Crippen molar-refractivity contribution in [3.8, 4) is 0 Å². The van der Waals surface area contributed by atoms with E-state index in [2.05, 4.69) is 53.1 Å². The number of hydrazine groups is 1. The lowest BCUT2D eigenvalue weighted by Gasteiger charge is -2.21. The van der Waals surface area contributed by atoms with Crippen LogP contribution in [0.5, 0.6) is 0 Å². The molecule has 0 aliphatic heterocycles. The SMILES string of the molecule is C=CCC[C@@H](NNC)C1=CCc2ccc3nc(CCCNC)ccc3c21. The molecular weight excluding hydrogens is 320 g/mol. The minimum Gasteiger partial charge on any atom is -0.320 e. The Morgan fingerprint density at radius 2 is 2.12 bits per heavy atom. The second kappa shape index (κ2) is 9.08. The molecule has 0 saturated carbocycles. The van der Waals surface area contributed by atoms with Crippen molar-refractivity contribution >= 4 is 16.5 Å². The first-order valence-corrected chi connectivity index (χ1v) is 9.58. The van der Waals surface area contributed by atoms with Gasteiger partial charge >= 0.3 is 0 Å². The maximum Gasteiger partial charge on any atom is 0.0711 e. The Kier molecular flexibility index (Phi) is 6.56. The fraction of sp³-hybridized carbons (Fsp3) is 0.409. The van der Waals surface area contributed by atoms with Gasteiger partial charge in [-0.2, -0.15) is 0 Å². The highest BCUT2D eigenvalue weighted by atomic mass is 15.3. The minimum atomic E-state index is 0.278. The third-order valence-corrected chi connectivity index (χ3v) is 5.06. The van der Waals surface area contributed by atoms with E-state index in [1.54, 1.807) is 0 Å². The summed E-state index contributed by atoms with van der Waals surface area (Å²) in [7, 11) is 3.92. The largest absolute Gasteiger partial charge is 0.320 e. The summed E-state index contributed by atoms with van der Waals surface area (Å²) in [5, 5.41) is 4.47. The smallest absolute Gasteiger partial charge is 0.0711 e. The van der Waals surface area contributed by atoms with Crippen molar-refractivity contribution in [1.82, 2.24) is 21.2 Å². The summed E-state index contributed by atoms with van der Waals surface area (Å²) >= 11 is 0. The van der Waals surface area contributed by atoms with Crippen molar-refractivity contribution in [2.75, 3.05) is 20.6 Å². The molecule has 1 aliphatic carbocycles. The average molecular weight is 351 g/mol. The van der Waals surface area contributed by atoms with E-state index in [0.717, 1.165) is 44.2 Å². The van der Waals surface area contributed by atoms with Crippen LogP contribution in [-0.4, -0.2) is 31.7 Å². The van der Waals surface area contributed by atoms with Crippen LogP contribution in [0.4, 0.5) is 0 Å². The molecule has 1 heterocycles. The molecular formula is C22H30N4. The monoisotopic (exact) mass is 350 g/mol. The Morgan fingerprint density at radius 3 is 2.88 bits per heavy atom. The Balaban J connectivity index is 1.92. The number of nitrogens with zero attached hydrogens (tertiary/aromatic N) is 1. The first kappa shape index (κ1) is 18.8. The van der Waals surface area contributed by atoms with Crippen LogP contribution in [0, 0.1) is 0 Å².